The lowest BCUT2D eigenvalue weighted by atomic mass is 10.1. The van der Waals surface area contributed by atoms with Crippen molar-refractivity contribution >= 4 is 0 Å². The van der Waals surface area contributed by atoms with Crippen molar-refractivity contribution in [2.75, 3.05) is 0 Å². The lowest BCUT2D eigenvalue weighted by Gasteiger charge is -2.10. The van der Waals surface area contributed by atoms with Gasteiger partial charge in [0.25, 0.3) is 0 Å². The van der Waals surface area contributed by atoms with Gasteiger partial charge in [-0.1, -0.05) is 18.6 Å². The molecule has 0 aromatic heterocycles. The smallest absolute Gasteiger partial charge is 0.207 e. The van der Waals surface area contributed by atoms with Crippen molar-refractivity contribution in [3.63, 3.8) is 0 Å². The molecule has 0 atom stereocenters. The second-order valence-corrected chi connectivity index (χ2v) is 2.55. The van der Waals surface area contributed by atoms with Crippen LogP contribution in [0.25, 0.3) is 0 Å². The first-order valence-corrected chi connectivity index (χ1v) is 3.51. The highest BCUT2D eigenvalue weighted by Gasteiger charge is 2.21. The molecule has 0 spiro atoms. The van der Waals surface area contributed by atoms with E-state index in [2.05, 4.69) is 0 Å². The molecule has 0 saturated carbocycles. The number of rotatable bonds is 3. The molecule has 0 aliphatic rings. The summed E-state index contributed by atoms with van der Waals surface area (Å²) in [6.45, 7) is 4.64. The van der Waals surface area contributed by atoms with E-state index in [-0.39, 0.29) is 6.42 Å². The van der Waals surface area contributed by atoms with Crippen LogP contribution < -0.4 is 0 Å². The molecule has 0 N–H and O–H groups in total. The Kier molecular flexibility index (Phi) is 3.54. The fourth-order valence-corrected chi connectivity index (χ4v) is 0.830. The fraction of sp³-hybridized carbons (Fsp3) is 0.750. The van der Waals surface area contributed by atoms with Crippen LogP contribution in [0.15, 0.2) is 11.6 Å². The Morgan fingerprint density at radius 1 is 1.50 bits per heavy atom. The van der Waals surface area contributed by atoms with Gasteiger partial charge in [-0.3, -0.25) is 0 Å². The second kappa shape index (κ2) is 3.69. The molecule has 0 amide bonds. The maximum absolute atomic E-state index is 12.3. The topological polar surface area (TPSA) is 0 Å². The minimum absolute atomic E-state index is 0.0972. The predicted octanol–water partition coefficient (Wildman–Crippen LogP) is 3.39. The Labute approximate surface area is 60.9 Å². The third kappa shape index (κ3) is 4.48. The van der Waals surface area contributed by atoms with Gasteiger partial charge in [0.15, 0.2) is 0 Å². The molecular formula is C8H14F2. The third-order valence-corrected chi connectivity index (χ3v) is 1.40. The summed E-state index contributed by atoms with van der Waals surface area (Å²) in [5, 5.41) is 0. The van der Waals surface area contributed by atoms with Gasteiger partial charge >= 0.3 is 0 Å². The van der Waals surface area contributed by atoms with E-state index in [4.69, 9.17) is 0 Å². The fourth-order valence-electron chi connectivity index (χ4n) is 0.830. The summed E-state index contributed by atoms with van der Waals surface area (Å²) in [4.78, 5) is 0. The molecule has 0 aromatic carbocycles. The van der Waals surface area contributed by atoms with Crippen molar-refractivity contribution in [1.82, 2.24) is 0 Å². The summed E-state index contributed by atoms with van der Waals surface area (Å²) >= 11 is 0. The molecule has 0 aliphatic heterocycles. The summed E-state index contributed by atoms with van der Waals surface area (Å²) < 4.78 is 24.6. The minimum Gasteiger partial charge on any atom is -0.207 e. The highest BCUT2D eigenvalue weighted by Crippen LogP contribution is 2.23. The monoisotopic (exact) mass is 148 g/mol. The van der Waals surface area contributed by atoms with Gasteiger partial charge in [0.2, 0.25) is 5.92 Å². The molecule has 0 bridgehead atoms. The van der Waals surface area contributed by atoms with Gasteiger partial charge in [0.05, 0.1) is 0 Å². The van der Waals surface area contributed by atoms with E-state index in [1.54, 1.807) is 13.0 Å². The van der Waals surface area contributed by atoms with Crippen molar-refractivity contribution < 1.29 is 8.78 Å². The first-order valence-electron chi connectivity index (χ1n) is 3.51. The second-order valence-electron chi connectivity index (χ2n) is 2.55. The molecule has 0 nitrogen and oxygen atoms in total. The van der Waals surface area contributed by atoms with Crippen molar-refractivity contribution in [3.8, 4) is 0 Å². The summed E-state index contributed by atoms with van der Waals surface area (Å²) in [5.74, 6) is -2.54. The zero-order valence-corrected chi connectivity index (χ0v) is 6.75. The normalized spacial score (nSPS) is 13.9. The Morgan fingerprint density at radius 3 is 2.10 bits per heavy atom. The van der Waals surface area contributed by atoms with Crippen LogP contribution in [0.5, 0.6) is 0 Å². The van der Waals surface area contributed by atoms with Gasteiger partial charge in [0, 0.05) is 6.42 Å². The van der Waals surface area contributed by atoms with Gasteiger partial charge in [-0.15, -0.1) is 0 Å². The molecule has 0 unspecified atom stereocenters. The number of hydrogen-bond donors (Lipinski definition) is 0. The average Bonchev–Trinajstić information content (AvgIpc) is 1.81. The SMILES string of the molecule is C/C=C(/CC)CC(C)(F)F. The summed E-state index contributed by atoms with van der Waals surface area (Å²) in [6.07, 6.45) is 2.39. The molecule has 0 aromatic rings. The summed E-state index contributed by atoms with van der Waals surface area (Å²) in [5.41, 5.74) is 0.826. The van der Waals surface area contributed by atoms with E-state index in [9.17, 15) is 8.78 Å². The summed E-state index contributed by atoms with van der Waals surface area (Å²) in [6, 6.07) is 0. The van der Waals surface area contributed by atoms with E-state index < -0.39 is 5.92 Å². The third-order valence-electron chi connectivity index (χ3n) is 1.40. The maximum Gasteiger partial charge on any atom is 0.249 e. The Hall–Kier alpha value is -0.400. The number of alkyl halides is 2. The van der Waals surface area contributed by atoms with E-state index in [0.29, 0.717) is 0 Å². The van der Waals surface area contributed by atoms with Crippen LogP contribution in [-0.4, -0.2) is 5.92 Å². The summed E-state index contributed by atoms with van der Waals surface area (Å²) in [7, 11) is 0. The van der Waals surface area contributed by atoms with Gasteiger partial charge < -0.3 is 0 Å². The molecule has 0 aliphatic carbocycles. The zero-order chi connectivity index (χ0) is 8.20. The van der Waals surface area contributed by atoms with E-state index in [1.807, 2.05) is 6.92 Å². The number of hydrogen-bond acceptors (Lipinski definition) is 0. The van der Waals surface area contributed by atoms with Crippen LogP contribution in [0, 0.1) is 0 Å². The largest absolute Gasteiger partial charge is 0.249 e. The van der Waals surface area contributed by atoms with Gasteiger partial charge in [-0.2, -0.15) is 0 Å². The van der Waals surface area contributed by atoms with E-state index in [1.165, 1.54) is 0 Å². The van der Waals surface area contributed by atoms with Gasteiger partial charge in [0.1, 0.15) is 0 Å². The van der Waals surface area contributed by atoms with E-state index in [0.717, 1.165) is 18.9 Å². The molecule has 60 valence electrons. The minimum atomic E-state index is -2.54. The van der Waals surface area contributed by atoms with Crippen LogP contribution in [-0.2, 0) is 0 Å². The number of halogens is 2. The van der Waals surface area contributed by atoms with Crippen molar-refractivity contribution in [3.05, 3.63) is 11.6 Å². The molecule has 0 heterocycles. The van der Waals surface area contributed by atoms with Gasteiger partial charge in [-0.05, 0) is 20.3 Å². The molecule has 10 heavy (non-hydrogen) atoms. The zero-order valence-electron chi connectivity index (χ0n) is 6.75. The Balaban J connectivity index is 3.88. The lowest BCUT2D eigenvalue weighted by Crippen LogP contribution is -2.10. The van der Waals surface area contributed by atoms with Crippen LogP contribution >= 0.6 is 0 Å². The van der Waals surface area contributed by atoms with Crippen LogP contribution in [0.3, 0.4) is 0 Å². The molecule has 0 rings (SSSR count). The van der Waals surface area contributed by atoms with Crippen LogP contribution in [0.2, 0.25) is 0 Å². The highest BCUT2D eigenvalue weighted by molar-refractivity contribution is 5.01. The predicted molar refractivity (Wildman–Crippen MR) is 39.3 cm³/mol. The lowest BCUT2D eigenvalue weighted by molar-refractivity contribution is 0.0220. The van der Waals surface area contributed by atoms with Crippen molar-refractivity contribution in [2.24, 2.45) is 0 Å². The molecule has 0 radical (unpaired) electrons. The highest BCUT2D eigenvalue weighted by atomic mass is 19.3. The van der Waals surface area contributed by atoms with Gasteiger partial charge in [-0.25, -0.2) is 8.78 Å². The Morgan fingerprint density at radius 2 is 2.00 bits per heavy atom. The number of allylic oxidation sites excluding steroid dienone is 2. The molecule has 0 saturated heterocycles. The molecule has 2 heteroatoms. The quantitative estimate of drug-likeness (QED) is 0.538. The van der Waals surface area contributed by atoms with Crippen LogP contribution in [0.4, 0.5) is 8.78 Å². The van der Waals surface area contributed by atoms with Crippen LogP contribution in [0.1, 0.15) is 33.6 Å². The Bertz CT molecular complexity index is 120. The van der Waals surface area contributed by atoms with E-state index >= 15 is 0 Å². The maximum atomic E-state index is 12.3. The van der Waals surface area contributed by atoms with Crippen molar-refractivity contribution in [2.45, 2.75) is 39.5 Å². The standard InChI is InChI=1S/C8H14F2/c1-4-7(5-2)6-8(3,9)10/h4H,5-6H2,1-3H3/b7-4-. The first kappa shape index (κ1) is 9.60. The van der Waals surface area contributed by atoms with Crippen molar-refractivity contribution in [1.29, 1.82) is 0 Å². The average molecular weight is 148 g/mol. The molecular weight excluding hydrogens is 134 g/mol. The molecule has 0 fully saturated rings. The first-order chi connectivity index (χ1) is 4.49.